The minimum Gasteiger partial charge on any atom is -0.359 e. The third-order valence-electron chi connectivity index (χ3n) is 5.63. The van der Waals surface area contributed by atoms with Gasteiger partial charge in [-0.15, -0.1) is 0 Å². The Labute approximate surface area is 167 Å². The first-order valence-electron chi connectivity index (χ1n) is 10.2. The molecule has 0 spiro atoms. The molecule has 1 fully saturated rings. The van der Waals surface area contributed by atoms with Gasteiger partial charge < -0.3 is 10.2 Å². The molecule has 0 unspecified atom stereocenters. The predicted octanol–water partition coefficient (Wildman–Crippen LogP) is 3.77. The van der Waals surface area contributed by atoms with Crippen molar-refractivity contribution in [2.45, 2.75) is 39.0 Å². The second-order valence-corrected chi connectivity index (χ2v) is 7.80. The standard InChI is InChI=1S/C24H30N2O2/c1-18-4-3-5-22(16-18)24(28)26-14-12-21(13-15-26)17-20-8-6-19(7-9-20)10-11-23(27)25-2/h3-9,16,21H,10-15,17H2,1-2H3,(H,25,27). The first kappa shape index (κ1) is 20.1. The molecule has 28 heavy (non-hydrogen) atoms. The molecular formula is C24H30N2O2. The van der Waals surface area contributed by atoms with Gasteiger partial charge in [0.2, 0.25) is 5.91 Å². The van der Waals surface area contributed by atoms with Crippen LogP contribution in [0, 0.1) is 12.8 Å². The van der Waals surface area contributed by atoms with Crippen molar-refractivity contribution in [2.24, 2.45) is 5.92 Å². The third-order valence-corrected chi connectivity index (χ3v) is 5.63. The number of benzene rings is 2. The van der Waals surface area contributed by atoms with Crippen molar-refractivity contribution >= 4 is 11.8 Å². The quantitative estimate of drug-likeness (QED) is 0.832. The molecule has 0 saturated carbocycles. The van der Waals surface area contributed by atoms with Crippen LogP contribution in [0.3, 0.4) is 0 Å². The van der Waals surface area contributed by atoms with Crippen LogP contribution in [0.1, 0.15) is 46.3 Å². The molecule has 1 N–H and O–H groups in total. The zero-order valence-corrected chi connectivity index (χ0v) is 16.9. The van der Waals surface area contributed by atoms with Gasteiger partial charge in [0.1, 0.15) is 0 Å². The summed E-state index contributed by atoms with van der Waals surface area (Å²) in [5, 5.41) is 2.66. The second kappa shape index (κ2) is 9.54. The van der Waals surface area contributed by atoms with Gasteiger partial charge in [-0.05, 0) is 61.8 Å². The average molecular weight is 379 g/mol. The highest BCUT2D eigenvalue weighted by atomic mass is 16.2. The fourth-order valence-electron chi connectivity index (χ4n) is 3.86. The molecule has 2 amide bonds. The van der Waals surface area contributed by atoms with E-state index in [1.54, 1.807) is 7.05 Å². The van der Waals surface area contributed by atoms with Gasteiger partial charge in [0, 0.05) is 32.1 Å². The molecular weight excluding hydrogens is 348 g/mol. The van der Waals surface area contributed by atoms with Crippen molar-refractivity contribution in [2.75, 3.05) is 20.1 Å². The van der Waals surface area contributed by atoms with Gasteiger partial charge in [-0.3, -0.25) is 9.59 Å². The number of nitrogens with zero attached hydrogens (tertiary/aromatic N) is 1. The van der Waals surface area contributed by atoms with E-state index in [2.05, 4.69) is 29.6 Å². The van der Waals surface area contributed by atoms with E-state index in [0.717, 1.165) is 49.9 Å². The topological polar surface area (TPSA) is 49.4 Å². The van der Waals surface area contributed by atoms with Crippen molar-refractivity contribution in [3.63, 3.8) is 0 Å². The van der Waals surface area contributed by atoms with Crippen LogP contribution in [-0.2, 0) is 17.6 Å². The minimum absolute atomic E-state index is 0.0797. The highest BCUT2D eigenvalue weighted by Gasteiger charge is 2.23. The number of nitrogens with one attached hydrogen (secondary N) is 1. The highest BCUT2D eigenvalue weighted by Crippen LogP contribution is 2.23. The molecule has 0 radical (unpaired) electrons. The predicted molar refractivity (Wildman–Crippen MR) is 112 cm³/mol. The number of hydrogen-bond donors (Lipinski definition) is 1. The van der Waals surface area contributed by atoms with Crippen molar-refractivity contribution in [1.82, 2.24) is 10.2 Å². The summed E-state index contributed by atoms with van der Waals surface area (Å²) < 4.78 is 0. The van der Waals surface area contributed by atoms with E-state index in [9.17, 15) is 9.59 Å². The van der Waals surface area contributed by atoms with E-state index in [4.69, 9.17) is 0 Å². The molecule has 0 aromatic heterocycles. The minimum atomic E-state index is 0.0797. The Morgan fingerprint density at radius 2 is 1.71 bits per heavy atom. The third kappa shape index (κ3) is 5.44. The summed E-state index contributed by atoms with van der Waals surface area (Å²) >= 11 is 0. The Bertz CT molecular complexity index is 806. The number of likely N-dealkylation sites (tertiary alicyclic amines) is 1. The van der Waals surface area contributed by atoms with Gasteiger partial charge in [-0.1, -0.05) is 42.0 Å². The second-order valence-electron chi connectivity index (χ2n) is 7.80. The van der Waals surface area contributed by atoms with Crippen LogP contribution in [0.4, 0.5) is 0 Å². The molecule has 1 aliphatic heterocycles. The van der Waals surface area contributed by atoms with Crippen LogP contribution in [0.2, 0.25) is 0 Å². The van der Waals surface area contributed by atoms with E-state index in [-0.39, 0.29) is 11.8 Å². The molecule has 0 aliphatic carbocycles. The van der Waals surface area contributed by atoms with Gasteiger partial charge in [0.25, 0.3) is 5.91 Å². The summed E-state index contributed by atoms with van der Waals surface area (Å²) in [7, 11) is 1.67. The maximum Gasteiger partial charge on any atom is 0.253 e. The van der Waals surface area contributed by atoms with E-state index in [1.807, 2.05) is 36.1 Å². The summed E-state index contributed by atoms with van der Waals surface area (Å²) in [5.74, 6) is 0.858. The Balaban J connectivity index is 1.47. The van der Waals surface area contributed by atoms with Crippen LogP contribution in [0.5, 0.6) is 0 Å². The zero-order chi connectivity index (χ0) is 19.9. The number of amides is 2. The number of carbonyl (C=O) groups is 2. The summed E-state index contributed by atoms with van der Waals surface area (Å²) in [6.07, 6.45) is 4.47. The van der Waals surface area contributed by atoms with E-state index in [0.29, 0.717) is 12.3 Å². The lowest BCUT2D eigenvalue weighted by molar-refractivity contribution is -0.120. The summed E-state index contributed by atoms with van der Waals surface area (Å²) in [6, 6.07) is 16.5. The molecule has 2 aromatic carbocycles. The fraction of sp³-hybridized carbons (Fsp3) is 0.417. The van der Waals surface area contributed by atoms with Crippen LogP contribution in [-0.4, -0.2) is 36.9 Å². The number of piperidine rings is 1. The maximum atomic E-state index is 12.7. The van der Waals surface area contributed by atoms with Crippen LogP contribution in [0.15, 0.2) is 48.5 Å². The first-order valence-corrected chi connectivity index (χ1v) is 10.2. The Morgan fingerprint density at radius 3 is 2.36 bits per heavy atom. The molecule has 3 rings (SSSR count). The molecule has 1 saturated heterocycles. The van der Waals surface area contributed by atoms with Crippen molar-refractivity contribution in [3.05, 3.63) is 70.8 Å². The number of carbonyl (C=O) groups excluding carboxylic acids is 2. The van der Waals surface area contributed by atoms with Crippen molar-refractivity contribution in [1.29, 1.82) is 0 Å². The summed E-state index contributed by atoms with van der Waals surface area (Å²) in [5.41, 5.74) is 4.46. The first-order chi connectivity index (χ1) is 13.5. The van der Waals surface area contributed by atoms with E-state index >= 15 is 0 Å². The number of hydrogen-bond acceptors (Lipinski definition) is 2. The Kier molecular flexibility index (Phi) is 6.85. The zero-order valence-electron chi connectivity index (χ0n) is 16.9. The Hall–Kier alpha value is -2.62. The lowest BCUT2D eigenvalue weighted by Gasteiger charge is -2.32. The van der Waals surface area contributed by atoms with Gasteiger partial charge in [0.15, 0.2) is 0 Å². The maximum absolute atomic E-state index is 12.7. The molecule has 4 heteroatoms. The molecule has 4 nitrogen and oxygen atoms in total. The monoisotopic (exact) mass is 378 g/mol. The van der Waals surface area contributed by atoms with E-state index in [1.165, 1.54) is 11.1 Å². The van der Waals surface area contributed by atoms with Crippen molar-refractivity contribution in [3.8, 4) is 0 Å². The van der Waals surface area contributed by atoms with Crippen LogP contribution in [0.25, 0.3) is 0 Å². The Morgan fingerprint density at radius 1 is 1.04 bits per heavy atom. The van der Waals surface area contributed by atoms with Crippen LogP contribution < -0.4 is 5.32 Å². The molecule has 2 aromatic rings. The van der Waals surface area contributed by atoms with Gasteiger partial charge >= 0.3 is 0 Å². The molecule has 148 valence electrons. The van der Waals surface area contributed by atoms with Crippen molar-refractivity contribution < 1.29 is 9.59 Å². The lowest BCUT2D eigenvalue weighted by atomic mass is 9.89. The molecule has 1 aliphatic rings. The SMILES string of the molecule is CNC(=O)CCc1ccc(CC2CCN(C(=O)c3cccc(C)c3)CC2)cc1. The number of aryl methyl sites for hydroxylation is 2. The van der Waals surface area contributed by atoms with Gasteiger partial charge in [-0.25, -0.2) is 0 Å². The number of rotatable bonds is 6. The van der Waals surface area contributed by atoms with Gasteiger partial charge in [0.05, 0.1) is 0 Å². The van der Waals surface area contributed by atoms with E-state index < -0.39 is 0 Å². The smallest absolute Gasteiger partial charge is 0.253 e. The summed E-state index contributed by atoms with van der Waals surface area (Å²) in [4.78, 5) is 26.0. The summed E-state index contributed by atoms with van der Waals surface area (Å²) in [6.45, 7) is 3.69. The van der Waals surface area contributed by atoms with Gasteiger partial charge in [-0.2, -0.15) is 0 Å². The average Bonchev–Trinajstić information content (AvgIpc) is 2.73. The molecule has 0 bridgehead atoms. The largest absolute Gasteiger partial charge is 0.359 e. The fourth-order valence-corrected chi connectivity index (χ4v) is 3.86. The normalized spacial score (nSPS) is 14.7. The highest BCUT2D eigenvalue weighted by molar-refractivity contribution is 5.94. The van der Waals surface area contributed by atoms with Crippen LogP contribution >= 0.6 is 0 Å². The molecule has 1 heterocycles. The lowest BCUT2D eigenvalue weighted by Crippen LogP contribution is -2.38. The molecule has 0 atom stereocenters.